The van der Waals surface area contributed by atoms with E-state index < -0.39 is 0 Å². The first-order chi connectivity index (χ1) is 8.34. The first-order valence-corrected chi connectivity index (χ1v) is 5.92. The first-order valence-electron chi connectivity index (χ1n) is 5.92. The number of pyridine rings is 1. The summed E-state index contributed by atoms with van der Waals surface area (Å²) in [6.45, 7) is 3.80. The third kappa shape index (κ3) is 1.91. The molecule has 1 aliphatic heterocycles. The summed E-state index contributed by atoms with van der Waals surface area (Å²) in [5, 5.41) is 5.44. The highest BCUT2D eigenvalue weighted by Crippen LogP contribution is 2.22. The van der Waals surface area contributed by atoms with Crippen molar-refractivity contribution in [1.29, 1.82) is 0 Å². The van der Waals surface area contributed by atoms with E-state index in [1.165, 1.54) is 0 Å². The molecule has 0 radical (unpaired) electrons. The minimum Gasteiger partial charge on any atom is -0.355 e. The predicted molar refractivity (Wildman–Crippen MR) is 69.7 cm³/mol. The number of nitrogens with one attached hydrogen (secondary N) is 2. The first kappa shape index (κ1) is 10.4. The molecular weight excluding hydrogens is 214 g/mol. The molecule has 0 bridgehead atoms. The van der Waals surface area contributed by atoms with Gasteiger partial charge in [-0.05, 0) is 5.39 Å². The van der Waals surface area contributed by atoms with Gasteiger partial charge in [0.2, 0.25) is 5.56 Å². The third-order valence-electron chi connectivity index (χ3n) is 3.18. The maximum Gasteiger partial charge on any atom is 0.250 e. The van der Waals surface area contributed by atoms with Gasteiger partial charge in [-0.15, -0.1) is 0 Å². The van der Waals surface area contributed by atoms with E-state index in [2.05, 4.69) is 21.3 Å². The molecule has 4 heteroatoms. The number of hydrogen-bond acceptors (Lipinski definition) is 3. The van der Waals surface area contributed by atoms with E-state index in [1.807, 2.05) is 18.2 Å². The van der Waals surface area contributed by atoms with Crippen molar-refractivity contribution in [1.82, 2.24) is 10.3 Å². The number of fused-ring (bicyclic) bond motifs is 1. The van der Waals surface area contributed by atoms with Crippen molar-refractivity contribution in [3.8, 4) is 0 Å². The zero-order chi connectivity index (χ0) is 11.7. The van der Waals surface area contributed by atoms with Gasteiger partial charge in [0, 0.05) is 37.6 Å². The van der Waals surface area contributed by atoms with Gasteiger partial charge in [0.1, 0.15) is 5.82 Å². The van der Waals surface area contributed by atoms with Gasteiger partial charge >= 0.3 is 0 Å². The van der Waals surface area contributed by atoms with Crippen molar-refractivity contribution in [3.05, 3.63) is 40.7 Å². The summed E-state index contributed by atoms with van der Waals surface area (Å²) in [7, 11) is 0. The number of piperazine rings is 1. The Labute approximate surface area is 99.3 Å². The van der Waals surface area contributed by atoms with Crippen LogP contribution in [-0.2, 0) is 0 Å². The van der Waals surface area contributed by atoms with Crippen LogP contribution in [-0.4, -0.2) is 31.2 Å². The second-order valence-corrected chi connectivity index (χ2v) is 4.31. The quantitative estimate of drug-likeness (QED) is 0.765. The lowest BCUT2D eigenvalue weighted by atomic mass is 10.1. The number of hydrogen-bond donors (Lipinski definition) is 2. The fraction of sp³-hybridized carbons (Fsp3) is 0.308. The van der Waals surface area contributed by atoms with Crippen LogP contribution < -0.4 is 15.8 Å². The minimum absolute atomic E-state index is 0.0303. The van der Waals surface area contributed by atoms with Crippen LogP contribution in [0.5, 0.6) is 0 Å². The summed E-state index contributed by atoms with van der Waals surface area (Å²) >= 11 is 0. The summed E-state index contributed by atoms with van der Waals surface area (Å²) in [4.78, 5) is 16.8. The molecule has 1 aromatic carbocycles. The van der Waals surface area contributed by atoms with E-state index in [9.17, 15) is 4.79 Å². The van der Waals surface area contributed by atoms with E-state index in [1.54, 1.807) is 6.07 Å². The van der Waals surface area contributed by atoms with Gasteiger partial charge in [-0.2, -0.15) is 0 Å². The number of anilines is 1. The molecule has 0 atom stereocenters. The van der Waals surface area contributed by atoms with Crippen LogP contribution in [0.4, 0.5) is 5.82 Å². The van der Waals surface area contributed by atoms with Crippen molar-refractivity contribution >= 4 is 16.6 Å². The normalized spacial score (nSPS) is 16.4. The highest BCUT2D eigenvalue weighted by atomic mass is 16.1. The molecule has 88 valence electrons. The van der Waals surface area contributed by atoms with Crippen LogP contribution in [0.25, 0.3) is 10.8 Å². The number of aromatic amines is 1. The van der Waals surface area contributed by atoms with Gasteiger partial charge in [0.15, 0.2) is 0 Å². The number of rotatable bonds is 1. The van der Waals surface area contributed by atoms with Crippen LogP contribution in [0.2, 0.25) is 0 Å². The molecule has 0 unspecified atom stereocenters. The van der Waals surface area contributed by atoms with Gasteiger partial charge in [0.05, 0.1) is 0 Å². The molecular formula is C13H15N3O. The molecule has 2 N–H and O–H groups in total. The van der Waals surface area contributed by atoms with Crippen molar-refractivity contribution < 1.29 is 0 Å². The van der Waals surface area contributed by atoms with Crippen LogP contribution in [0.1, 0.15) is 0 Å². The SMILES string of the molecule is O=c1cc2ccccc2c(N2CCNCC2)[nH]1. The van der Waals surface area contributed by atoms with E-state index in [0.29, 0.717) is 0 Å². The minimum atomic E-state index is -0.0303. The average molecular weight is 229 g/mol. The topological polar surface area (TPSA) is 48.1 Å². The molecule has 1 fully saturated rings. The maximum absolute atomic E-state index is 11.6. The Morgan fingerprint density at radius 2 is 1.88 bits per heavy atom. The highest BCUT2D eigenvalue weighted by Gasteiger charge is 2.13. The summed E-state index contributed by atoms with van der Waals surface area (Å²) in [5.74, 6) is 0.953. The second-order valence-electron chi connectivity index (χ2n) is 4.31. The lowest BCUT2D eigenvalue weighted by molar-refractivity contribution is 0.586. The van der Waals surface area contributed by atoms with Gasteiger partial charge in [-0.1, -0.05) is 24.3 Å². The molecule has 4 nitrogen and oxygen atoms in total. The molecule has 1 saturated heterocycles. The van der Waals surface area contributed by atoms with Gasteiger partial charge < -0.3 is 15.2 Å². The van der Waals surface area contributed by atoms with Crippen LogP contribution in [0.15, 0.2) is 35.1 Å². The number of nitrogens with zero attached hydrogens (tertiary/aromatic N) is 1. The Hall–Kier alpha value is -1.81. The molecule has 2 heterocycles. The predicted octanol–water partition coefficient (Wildman–Crippen LogP) is 0.938. The van der Waals surface area contributed by atoms with E-state index in [4.69, 9.17) is 0 Å². The molecule has 3 rings (SSSR count). The van der Waals surface area contributed by atoms with Crippen LogP contribution in [0, 0.1) is 0 Å². The van der Waals surface area contributed by atoms with E-state index in [-0.39, 0.29) is 5.56 Å². The highest BCUT2D eigenvalue weighted by molar-refractivity contribution is 5.92. The fourth-order valence-corrected chi connectivity index (χ4v) is 2.34. The number of H-pyrrole nitrogens is 1. The fourth-order valence-electron chi connectivity index (χ4n) is 2.34. The van der Waals surface area contributed by atoms with E-state index in [0.717, 1.165) is 42.8 Å². The number of aromatic nitrogens is 1. The summed E-state index contributed by atoms with van der Waals surface area (Å²) in [5.41, 5.74) is -0.0303. The molecule has 0 saturated carbocycles. The lowest BCUT2D eigenvalue weighted by Crippen LogP contribution is -2.44. The van der Waals surface area contributed by atoms with Crippen LogP contribution >= 0.6 is 0 Å². The zero-order valence-corrected chi connectivity index (χ0v) is 9.57. The molecule has 0 aliphatic carbocycles. The average Bonchev–Trinajstić information content (AvgIpc) is 2.39. The third-order valence-corrected chi connectivity index (χ3v) is 3.18. The molecule has 1 aromatic heterocycles. The van der Waals surface area contributed by atoms with Crippen molar-refractivity contribution in [2.45, 2.75) is 0 Å². The van der Waals surface area contributed by atoms with Crippen LogP contribution in [0.3, 0.4) is 0 Å². The Morgan fingerprint density at radius 1 is 1.12 bits per heavy atom. The largest absolute Gasteiger partial charge is 0.355 e. The van der Waals surface area contributed by atoms with Gasteiger partial charge in [-0.3, -0.25) is 4.79 Å². The Bertz CT molecular complexity index is 584. The standard InChI is InChI=1S/C13H15N3O/c17-12-9-10-3-1-2-4-11(10)13(15-12)16-7-5-14-6-8-16/h1-4,9,14H,5-8H2,(H,15,17). The smallest absolute Gasteiger partial charge is 0.250 e. The Kier molecular flexibility index (Phi) is 2.57. The summed E-state index contributed by atoms with van der Waals surface area (Å²) in [6, 6.07) is 9.66. The van der Waals surface area contributed by atoms with Crippen molar-refractivity contribution in [3.63, 3.8) is 0 Å². The molecule has 1 aliphatic rings. The molecule has 0 amide bonds. The molecule has 17 heavy (non-hydrogen) atoms. The molecule has 2 aromatic rings. The zero-order valence-electron chi connectivity index (χ0n) is 9.57. The van der Waals surface area contributed by atoms with Crippen molar-refractivity contribution in [2.75, 3.05) is 31.1 Å². The van der Waals surface area contributed by atoms with Crippen molar-refractivity contribution in [2.24, 2.45) is 0 Å². The van der Waals surface area contributed by atoms with Gasteiger partial charge in [0.25, 0.3) is 0 Å². The summed E-state index contributed by atoms with van der Waals surface area (Å²) in [6.07, 6.45) is 0. The van der Waals surface area contributed by atoms with E-state index >= 15 is 0 Å². The second kappa shape index (κ2) is 4.22. The Morgan fingerprint density at radius 3 is 2.71 bits per heavy atom. The molecule has 0 spiro atoms. The van der Waals surface area contributed by atoms with Gasteiger partial charge in [-0.25, -0.2) is 0 Å². The maximum atomic E-state index is 11.6. The lowest BCUT2D eigenvalue weighted by Gasteiger charge is -2.29. The number of benzene rings is 1. The monoisotopic (exact) mass is 229 g/mol. The Balaban J connectivity index is 2.16. The summed E-state index contributed by atoms with van der Waals surface area (Å²) < 4.78 is 0.